The maximum atomic E-state index is 12.1. The fourth-order valence-electron chi connectivity index (χ4n) is 2.21. The van der Waals surface area contributed by atoms with Gasteiger partial charge in [0.05, 0.1) is 10.3 Å². The van der Waals surface area contributed by atoms with Crippen molar-refractivity contribution in [2.45, 2.75) is 26.3 Å². The molecule has 2 rings (SSSR count). The van der Waals surface area contributed by atoms with Crippen molar-refractivity contribution in [1.82, 2.24) is 0 Å². The van der Waals surface area contributed by atoms with Gasteiger partial charge in [-0.3, -0.25) is 0 Å². The highest BCUT2D eigenvalue weighted by atomic mass is 32.1. The molecule has 1 aromatic rings. The van der Waals surface area contributed by atoms with E-state index in [-0.39, 0.29) is 11.5 Å². The first-order chi connectivity index (χ1) is 7.56. The summed E-state index contributed by atoms with van der Waals surface area (Å²) in [6.07, 6.45) is 1.98. The summed E-state index contributed by atoms with van der Waals surface area (Å²) in [4.78, 5) is 0.994. The maximum absolute atomic E-state index is 12.1. The van der Waals surface area contributed by atoms with Crippen molar-refractivity contribution < 1.29 is 9.95 Å². The van der Waals surface area contributed by atoms with Crippen molar-refractivity contribution in [3.8, 4) is 0 Å². The molecule has 1 atom stereocenters. The predicted octanol–water partition coefficient (Wildman–Crippen LogP) is 2.31. The van der Waals surface area contributed by atoms with E-state index in [0.29, 0.717) is 6.42 Å². The third-order valence-corrected chi connectivity index (χ3v) is 3.75. The number of nitrogens with zero attached hydrogens (tertiary/aromatic N) is 2. The molecule has 0 spiro atoms. The highest BCUT2D eigenvalue weighted by molar-refractivity contribution is 7.12. The van der Waals surface area contributed by atoms with Gasteiger partial charge in [-0.25, -0.2) is 0 Å². The normalized spacial score (nSPS) is 24.5. The van der Waals surface area contributed by atoms with E-state index in [9.17, 15) is 5.21 Å². The molecule has 0 fully saturated rings. The van der Waals surface area contributed by atoms with E-state index in [4.69, 9.17) is 5.21 Å². The largest absolute Gasteiger partial charge is 0.623 e. The predicted molar refractivity (Wildman–Crippen MR) is 64.5 cm³/mol. The molecular weight excluding hydrogens is 224 g/mol. The van der Waals surface area contributed by atoms with Crippen LogP contribution in [0.1, 0.15) is 25.1 Å². The number of hydrogen-bond acceptors (Lipinski definition) is 4. The number of hydroxylamine groups is 1. The molecule has 0 bridgehead atoms. The van der Waals surface area contributed by atoms with Crippen LogP contribution in [0.25, 0.3) is 0 Å². The van der Waals surface area contributed by atoms with Crippen LogP contribution in [0, 0.1) is 10.6 Å². The Hall–Kier alpha value is -1.36. The number of thiophene rings is 1. The smallest absolute Gasteiger partial charge is 0.210 e. The molecule has 0 unspecified atom stereocenters. The Balaban J connectivity index is 2.47. The lowest BCUT2D eigenvalue weighted by atomic mass is 9.84. The van der Waals surface area contributed by atoms with Crippen molar-refractivity contribution in [2.24, 2.45) is 10.6 Å². The molecule has 0 aliphatic carbocycles. The number of rotatable bonds is 2. The molecule has 0 aromatic carbocycles. The summed E-state index contributed by atoms with van der Waals surface area (Å²) in [6.45, 7) is 4.08. The second-order valence-corrected chi connectivity index (χ2v) is 5.52. The molecular formula is C11H14N2O2S. The van der Waals surface area contributed by atoms with E-state index in [0.717, 1.165) is 15.3 Å². The van der Waals surface area contributed by atoms with Gasteiger partial charge in [0.2, 0.25) is 11.8 Å². The minimum atomic E-state index is -0.364. The lowest BCUT2D eigenvalue weighted by Gasteiger charge is -2.14. The molecule has 0 saturated heterocycles. The van der Waals surface area contributed by atoms with Crippen LogP contribution in [0.3, 0.4) is 0 Å². The SMILES string of the molecule is CC1(C)C[C@H](C=NO)[N+]([O-])=C1c1cccs1. The van der Waals surface area contributed by atoms with Crippen LogP contribution in [-0.4, -0.2) is 27.9 Å². The van der Waals surface area contributed by atoms with Gasteiger partial charge in [-0.2, -0.15) is 4.74 Å². The second kappa shape index (κ2) is 3.90. The van der Waals surface area contributed by atoms with Crippen molar-refractivity contribution in [2.75, 3.05) is 0 Å². The van der Waals surface area contributed by atoms with Gasteiger partial charge in [0, 0.05) is 6.42 Å². The van der Waals surface area contributed by atoms with Gasteiger partial charge in [-0.15, -0.1) is 11.3 Å². The van der Waals surface area contributed by atoms with Gasteiger partial charge in [0.1, 0.15) is 6.21 Å². The second-order valence-electron chi connectivity index (χ2n) is 4.57. The first kappa shape index (κ1) is 11.1. The van der Waals surface area contributed by atoms with E-state index < -0.39 is 0 Å². The van der Waals surface area contributed by atoms with Crippen LogP contribution in [-0.2, 0) is 0 Å². The minimum absolute atomic E-state index is 0.182. The Morgan fingerprint density at radius 2 is 2.44 bits per heavy atom. The van der Waals surface area contributed by atoms with Crippen LogP contribution in [0.2, 0.25) is 0 Å². The van der Waals surface area contributed by atoms with Gasteiger partial charge in [0.25, 0.3) is 0 Å². The molecule has 0 amide bonds. The maximum Gasteiger partial charge on any atom is 0.210 e. The molecule has 1 aromatic heterocycles. The van der Waals surface area contributed by atoms with Crippen LogP contribution >= 0.6 is 11.3 Å². The van der Waals surface area contributed by atoms with E-state index in [1.807, 2.05) is 31.4 Å². The zero-order valence-electron chi connectivity index (χ0n) is 9.25. The molecule has 86 valence electrons. The number of oxime groups is 1. The van der Waals surface area contributed by atoms with Crippen molar-refractivity contribution >= 4 is 23.3 Å². The van der Waals surface area contributed by atoms with Gasteiger partial charge in [-0.1, -0.05) is 11.2 Å². The van der Waals surface area contributed by atoms with E-state index in [1.165, 1.54) is 6.21 Å². The lowest BCUT2D eigenvalue weighted by molar-refractivity contribution is -0.470. The topological polar surface area (TPSA) is 58.7 Å². The van der Waals surface area contributed by atoms with Gasteiger partial charge >= 0.3 is 0 Å². The molecule has 0 radical (unpaired) electrons. The third kappa shape index (κ3) is 1.71. The lowest BCUT2D eigenvalue weighted by Crippen LogP contribution is -2.23. The van der Waals surface area contributed by atoms with Gasteiger partial charge in [0.15, 0.2) is 0 Å². The third-order valence-electron chi connectivity index (χ3n) is 2.88. The van der Waals surface area contributed by atoms with Crippen molar-refractivity contribution in [3.05, 3.63) is 27.6 Å². The molecule has 1 aliphatic rings. The zero-order chi connectivity index (χ0) is 11.8. The summed E-state index contributed by atoms with van der Waals surface area (Å²) in [6, 6.07) is 3.52. The molecule has 1 aliphatic heterocycles. The quantitative estimate of drug-likeness (QED) is 0.282. The Morgan fingerprint density at radius 1 is 1.69 bits per heavy atom. The Labute approximate surface area is 98.1 Å². The Kier molecular flexibility index (Phi) is 2.71. The van der Waals surface area contributed by atoms with E-state index >= 15 is 0 Å². The highest BCUT2D eigenvalue weighted by Crippen LogP contribution is 2.35. The van der Waals surface area contributed by atoms with Crippen LogP contribution < -0.4 is 0 Å². The molecule has 2 heterocycles. The highest BCUT2D eigenvalue weighted by Gasteiger charge is 2.45. The first-order valence-corrected chi connectivity index (χ1v) is 5.99. The summed E-state index contributed by atoms with van der Waals surface area (Å²) in [5.41, 5.74) is 0.603. The molecule has 4 nitrogen and oxygen atoms in total. The van der Waals surface area contributed by atoms with Crippen LogP contribution in [0.5, 0.6) is 0 Å². The fraction of sp³-hybridized carbons (Fsp3) is 0.455. The molecule has 1 N–H and O–H groups in total. The standard InChI is InChI=1S/C11H14N2O2S/c1-11(2)6-8(7-12-14)13(15)10(11)9-4-3-5-16-9/h3-5,7-8,14H,6H2,1-2H3/t8-/m1/s1. The monoisotopic (exact) mass is 238 g/mol. The van der Waals surface area contributed by atoms with E-state index in [2.05, 4.69) is 5.16 Å². The van der Waals surface area contributed by atoms with Crippen molar-refractivity contribution in [1.29, 1.82) is 0 Å². The fourth-order valence-corrected chi connectivity index (χ4v) is 3.15. The zero-order valence-corrected chi connectivity index (χ0v) is 10.1. The van der Waals surface area contributed by atoms with E-state index in [1.54, 1.807) is 11.3 Å². The minimum Gasteiger partial charge on any atom is -0.623 e. The average Bonchev–Trinajstić information content (AvgIpc) is 2.75. The van der Waals surface area contributed by atoms with Crippen LogP contribution in [0.4, 0.5) is 0 Å². The molecule has 0 saturated carbocycles. The molecule has 5 heteroatoms. The summed E-state index contributed by atoms with van der Waals surface area (Å²) in [7, 11) is 0. The summed E-state index contributed by atoms with van der Waals surface area (Å²) in [5.74, 6) is 0. The summed E-state index contributed by atoms with van der Waals surface area (Å²) >= 11 is 1.56. The Morgan fingerprint density at radius 3 is 3.00 bits per heavy atom. The van der Waals surface area contributed by atoms with Crippen LogP contribution in [0.15, 0.2) is 22.7 Å². The number of hydrogen-bond donors (Lipinski definition) is 1. The van der Waals surface area contributed by atoms with Gasteiger partial charge < -0.3 is 10.4 Å². The summed E-state index contributed by atoms with van der Waals surface area (Å²) < 4.78 is 0.964. The summed E-state index contributed by atoms with van der Waals surface area (Å²) in [5, 5.41) is 25.6. The molecule has 16 heavy (non-hydrogen) atoms. The first-order valence-electron chi connectivity index (χ1n) is 5.11. The average molecular weight is 238 g/mol. The Bertz CT molecular complexity index is 435. The van der Waals surface area contributed by atoms with Gasteiger partial charge in [-0.05, 0) is 25.3 Å². The van der Waals surface area contributed by atoms with Crippen molar-refractivity contribution in [3.63, 3.8) is 0 Å².